The molecule has 3 nitrogen and oxygen atoms in total. The van der Waals surface area contributed by atoms with E-state index in [4.69, 9.17) is 5.73 Å². The standard InChI is InChI=1S/C7H13N3S/c1-6-4-7(10-9-6)5-11-3-2-8/h4H,2-3,5,8H2,1H3,(H,9,10). The van der Waals surface area contributed by atoms with Crippen LogP contribution in [0.5, 0.6) is 0 Å². The predicted molar refractivity (Wildman–Crippen MR) is 48.5 cm³/mol. The first kappa shape index (κ1) is 8.62. The summed E-state index contributed by atoms with van der Waals surface area (Å²) in [7, 11) is 0. The van der Waals surface area contributed by atoms with Gasteiger partial charge in [-0.15, -0.1) is 0 Å². The summed E-state index contributed by atoms with van der Waals surface area (Å²) in [6.07, 6.45) is 0. The van der Waals surface area contributed by atoms with Gasteiger partial charge in [0.05, 0.1) is 5.69 Å². The molecule has 0 aliphatic carbocycles. The lowest BCUT2D eigenvalue weighted by Crippen LogP contribution is -2.01. The minimum absolute atomic E-state index is 0.744. The molecule has 62 valence electrons. The molecule has 1 aromatic rings. The van der Waals surface area contributed by atoms with E-state index in [2.05, 4.69) is 16.3 Å². The van der Waals surface area contributed by atoms with Crippen molar-refractivity contribution in [2.24, 2.45) is 5.73 Å². The fourth-order valence-corrected chi connectivity index (χ4v) is 1.48. The summed E-state index contributed by atoms with van der Waals surface area (Å²) < 4.78 is 0. The zero-order valence-corrected chi connectivity index (χ0v) is 7.45. The van der Waals surface area contributed by atoms with Crippen LogP contribution in [-0.2, 0) is 5.75 Å². The molecule has 1 rings (SSSR count). The van der Waals surface area contributed by atoms with Gasteiger partial charge in [-0.25, -0.2) is 0 Å². The minimum atomic E-state index is 0.744. The first-order chi connectivity index (χ1) is 5.33. The number of hydrogen-bond acceptors (Lipinski definition) is 3. The monoisotopic (exact) mass is 171 g/mol. The number of hydrogen-bond donors (Lipinski definition) is 2. The smallest absolute Gasteiger partial charge is 0.0723 e. The molecule has 1 heterocycles. The van der Waals surface area contributed by atoms with Gasteiger partial charge in [0, 0.05) is 23.7 Å². The molecule has 0 amide bonds. The molecule has 0 aromatic carbocycles. The lowest BCUT2D eigenvalue weighted by Gasteiger charge is -1.93. The molecular weight excluding hydrogens is 158 g/mol. The maximum Gasteiger partial charge on any atom is 0.0723 e. The molecule has 0 saturated heterocycles. The van der Waals surface area contributed by atoms with Gasteiger partial charge in [0.15, 0.2) is 0 Å². The molecule has 0 bridgehead atoms. The maximum absolute atomic E-state index is 5.35. The van der Waals surface area contributed by atoms with Crippen molar-refractivity contribution >= 4 is 11.8 Å². The molecular formula is C7H13N3S. The summed E-state index contributed by atoms with van der Waals surface area (Å²) in [6.45, 7) is 2.75. The third-order valence-electron chi connectivity index (χ3n) is 1.27. The van der Waals surface area contributed by atoms with Gasteiger partial charge in [0.2, 0.25) is 0 Å². The van der Waals surface area contributed by atoms with Gasteiger partial charge in [-0.3, -0.25) is 5.10 Å². The Morgan fingerprint density at radius 3 is 3.09 bits per heavy atom. The molecule has 0 spiro atoms. The van der Waals surface area contributed by atoms with Crippen molar-refractivity contribution in [3.8, 4) is 0 Å². The Kier molecular flexibility index (Phi) is 3.45. The van der Waals surface area contributed by atoms with Crippen molar-refractivity contribution in [1.82, 2.24) is 10.2 Å². The van der Waals surface area contributed by atoms with Crippen LogP contribution in [0.15, 0.2) is 6.07 Å². The Morgan fingerprint density at radius 1 is 1.73 bits per heavy atom. The summed E-state index contributed by atoms with van der Waals surface area (Å²) in [6, 6.07) is 2.06. The Balaban J connectivity index is 2.27. The Labute approximate surface area is 70.8 Å². The molecule has 0 atom stereocenters. The highest BCUT2D eigenvalue weighted by Crippen LogP contribution is 2.09. The lowest BCUT2D eigenvalue weighted by atomic mass is 10.4. The Bertz CT molecular complexity index is 209. The van der Waals surface area contributed by atoms with Crippen molar-refractivity contribution in [3.05, 3.63) is 17.5 Å². The zero-order chi connectivity index (χ0) is 8.10. The molecule has 0 aliphatic rings. The molecule has 0 saturated carbocycles. The topological polar surface area (TPSA) is 54.7 Å². The van der Waals surface area contributed by atoms with Crippen LogP contribution in [-0.4, -0.2) is 22.5 Å². The Morgan fingerprint density at radius 2 is 2.55 bits per heavy atom. The summed E-state index contributed by atoms with van der Waals surface area (Å²) in [4.78, 5) is 0. The zero-order valence-electron chi connectivity index (χ0n) is 6.63. The number of rotatable bonds is 4. The van der Waals surface area contributed by atoms with Crippen LogP contribution in [0, 0.1) is 6.92 Å². The number of nitrogens with zero attached hydrogens (tertiary/aromatic N) is 1. The van der Waals surface area contributed by atoms with E-state index in [0.29, 0.717) is 0 Å². The molecule has 4 heteroatoms. The first-order valence-corrected chi connectivity index (χ1v) is 4.77. The molecule has 0 aliphatic heterocycles. The summed E-state index contributed by atoms with van der Waals surface area (Å²) in [5, 5.41) is 7.00. The highest BCUT2D eigenvalue weighted by atomic mass is 32.2. The minimum Gasteiger partial charge on any atom is -0.330 e. The number of H-pyrrole nitrogens is 1. The van der Waals surface area contributed by atoms with Crippen LogP contribution in [0.25, 0.3) is 0 Å². The largest absolute Gasteiger partial charge is 0.330 e. The van der Waals surface area contributed by atoms with Gasteiger partial charge in [0.1, 0.15) is 0 Å². The third kappa shape index (κ3) is 2.95. The van der Waals surface area contributed by atoms with Gasteiger partial charge in [-0.1, -0.05) is 0 Å². The van der Waals surface area contributed by atoms with Gasteiger partial charge < -0.3 is 5.73 Å². The Hall–Kier alpha value is -0.480. The fraction of sp³-hybridized carbons (Fsp3) is 0.571. The van der Waals surface area contributed by atoms with E-state index in [1.165, 1.54) is 0 Å². The molecule has 0 fully saturated rings. The van der Waals surface area contributed by atoms with Crippen molar-refractivity contribution < 1.29 is 0 Å². The summed E-state index contributed by atoms with van der Waals surface area (Å²) in [5.41, 5.74) is 7.58. The number of aromatic amines is 1. The number of thioether (sulfide) groups is 1. The van der Waals surface area contributed by atoms with Crippen LogP contribution in [0.2, 0.25) is 0 Å². The van der Waals surface area contributed by atoms with Crippen LogP contribution < -0.4 is 5.73 Å². The van der Waals surface area contributed by atoms with E-state index in [9.17, 15) is 0 Å². The normalized spacial score (nSPS) is 10.4. The molecule has 3 N–H and O–H groups in total. The van der Waals surface area contributed by atoms with E-state index in [1.807, 2.05) is 18.7 Å². The SMILES string of the molecule is Cc1cc(CSCCN)n[nH]1. The van der Waals surface area contributed by atoms with E-state index < -0.39 is 0 Å². The van der Waals surface area contributed by atoms with Gasteiger partial charge in [-0.2, -0.15) is 16.9 Å². The van der Waals surface area contributed by atoms with Crippen LogP contribution in [0.3, 0.4) is 0 Å². The molecule has 11 heavy (non-hydrogen) atoms. The van der Waals surface area contributed by atoms with Crippen LogP contribution in [0.1, 0.15) is 11.4 Å². The van der Waals surface area contributed by atoms with Crippen molar-refractivity contribution in [3.63, 3.8) is 0 Å². The molecule has 0 radical (unpaired) electrons. The van der Waals surface area contributed by atoms with E-state index >= 15 is 0 Å². The van der Waals surface area contributed by atoms with Crippen molar-refractivity contribution in [1.29, 1.82) is 0 Å². The highest BCUT2D eigenvalue weighted by molar-refractivity contribution is 7.98. The van der Waals surface area contributed by atoms with Gasteiger partial charge >= 0.3 is 0 Å². The number of aromatic nitrogens is 2. The van der Waals surface area contributed by atoms with E-state index in [1.54, 1.807) is 0 Å². The average Bonchev–Trinajstić information content (AvgIpc) is 2.37. The maximum atomic E-state index is 5.35. The third-order valence-corrected chi connectivity index (χ3v) is 2.30. The van der Waals surface area contributed by atoms with Crippen LogP contribution >= 0.6 is 11.8 Å². The second-order valence-electron chi connectivity index (χ2n) is 2.38. The van der Waals surface area contributed by atoms with Crippen molar-refractivity contribution in [2.75, 3.05) is 12.3 Å². The van der Waals surface area contributed by atoms with Crippen LogP contribution in [0.4, 0.5) is 0 Å². The molecule has 0 unspecified atom stereocenters. The summed E-state index contributed by atoms with van der Waals surface area (Å²) in [5.74, 6) is 1.97. The predicted octanol–water partition coefficient (Wildman–Crippen LogP) is 0.910. The first-order valence-electron chi connectivity index (χ1n) is 3.61. The van der Waals surface area contributed by atoms with Crippen molar-refractivity contribution in [2.45, 2.75) is 12.7 Å². The summed E-state index contributed by atoms with van der Waals surface area (Å²) >= 11 is 1.81. The highest BCUT2D eigenvalue weighted by Gasteiger charge is 1.96. The van der Waals surface area contributed by atoms with Gasteiger partial charge in [-0.05, 0) is 13.0 Å². The van der Waals surface area contributed by atoms with Gasteiger partial charge in [0.25, 0.3) is 0 Å². The second kappa shape index (κ2) is 4.41. The number of aryl methyl sites for hydroxylation is 1. The molecule has 1 aromatic heterocycles. The van der Waals surface area contributed by atoms with E-state index in [-0.39, 0.29) is 0 Å². The fourth-order valence-electron chi connectivity index (χ4n) is 0.808. The number of nitrogens with one attached hydrogen (secondary N) is 1. The van der Waals surface area contributed by atoms with E-state index in [0.717, 1.165) is 29.4 Å². The second-order valence-corrected chi connectivity index (χ2v) is 3.49. The average molecular weight is 171 g/mol. The number of nitrogens with two attached hydrogens (primary N) is 1. The lowest BCUT2D eigenvalue weighted by molar-refractivity contribution is 1.01. The quantitative estimate of drug-likeness (QED) is 0.662.